The molecule has 1 heterocycles. The number of anilines is 1. The molecule has 1 aromatic heterocycles. The molecule has 126 valence electrons. The molecule has 0 saturated carbocycles. The van der Waals surface area contributed by atoms with Gasteiger partial charge in [0.2, 0.25) is 5.91 Å². The maximum Gasteiger partial charge on any atom is 0.235 e. The van der Waals surface area contributed by atoms with Crippen LogP contribution in [0.4, 0.5) is 5.69 Å². The molecule has 0 saturated heterocycles. The summed E-state index contributed by atoms with van der Waals surface area (Å²) in [5.41, 5.74) is 2.55. The van der Waals surface area contributed by atoms with E-state index in [1.54, 1.807) is 25.4 Å². The predicted octanol–water partition coefficient (Wildman–Crippen LogP) is 2.57. The third-order valence-corrected chi connectivity index (χ3v) is 5.57. The Labute approximate surface area is 142 Å². The lowest BCUT2D eigenvalue weighted by molar-refractivity contribution is -0.120. The molecule has 0 radical (unpaired) electrons. The number of hydrogen-bond acceptors (Lipinski definition) is 4. The van der Waals surface area contributed by atoms with Crippen LogP contribution in [0, 0.1) is 0 Å². The van der Waals surface area contributed by atoms with Gasteiger partial charge in [0.25, 0.3) is 0 Å². The molecule has 0 bridgehead atoms. The first-order valence-electron chi connectivity index (χ1n) is 7.89. The van der Waals surface area contributed by atoms with Crippen molar-refractivity contribution in [3.63, 3.8) is 0 Å². The Morgan fingerprint density at radius 3 is 2.79 bits per heavy atom. The molecule has 1 unspecified atom stereocenters. The van der Waals surface area contributed by atoms with Crippen molar-refractivity contribution in [1.29, 1.82) is 0 Å². The van der Waals surface area contributed by atoms with Crippen molar-refractivity contribution in [1.82, 2.24) is 4.98 Å². The summed E-state index contributed by atoms with van der Waals surface area (Å²) >= 11 is 0. The first-order valence-corrected chi connectivity index (χ1v) is 9.78. The molecular weight excluding hydrogens is 324 g/mol. The molecule has 24 heavy (non-hydrogen) atoms. The Hall–Kier alpha value is -2.21. The van der Waals surface area contributed by atoms with Crippen molar-refractivity contribution < 1.29 is 13.2 Å². The number of aryl methyl sites for hydroxylation is 1. The zero-order valence-electron chi connectivity index (χ0n) is 13.8. The van der Waals surface area contributed by atoms with Crippen LogP contribution in [-0.4, -0.2) is 32.6 Å². The molecule has 6 heteroatoms. The van der Waals surface area contributed by atoms with Crippen LogP contribution in [0.5, 0.6) is 0 Å². The third kappa shape index (κ3) is 3.19. The zero-order valence-corrected chi connectivity index (χ0v) is 14.6. The summed E-state index contributed by atoms with van der Waals surface area (Å²) in [6.07, 6.45) is 5.54. The van der Waals surface area contributed by atoms with Crippen molar-refractivity contribution >= 4 is 21.4 Å². The van der Waals surface area contributed by atoms with Gasteiger partial charge < -0.3 is 4.90 Å². The van der Waals surface area contributed by atoms with Crippen molar-refractivity contribution in [3.05, 3.63) is 53.9 Å². The zero-order chi connectivity index (χ0) is 17.3. The standard InChI is InChI=1S/C18H20N2O3S/c1-20(14-8-4-9-15(12-14)24(2,22)23)18(21)16-10-3-6-13-7-5-11-19-17(13)16/h4-5,7-9,11-12,16H,3,6,10H2,1-2H3. The Kier molecular flexibility index (Phi) is 4.41. The van der Waals surface area contributed by atoms with Crippen LogP contribution in [0.2, 0.25) is 0 Å². The van der Waals surface area contributed by atoms with Gasteiger partial charge in [-0.3, -0.25) is 9.78 Å². The van der Waals surface area contributed by atoms with Gasteiger partial charge in [-0.2, -0.15) is 0 Å². The SMILES string of the molecule is CN(C(=O)C1CCCc2cccnc21)c1cccc(S(C)(=O)=O)c1. The lowest BCUT2D eigenvalue weighted by Crippen LogP contribution is -2.34. The highest BCUT2D eigenvalue weighted by Gasteiger charge is 2.30. The van der Waals surface area contributed by atoms with E-state index in [0.717, 1.165) is 36.8 Å². The molecule has 3 rings (SSSR count). The van der Waals surface area contributed by atoms with Crippen molar-refractivity contribution in [2.24, 2.45) is 0 Å². The molecule has 5 nitrogen and oxygen atoms in total. The number of carbonyl (C=O) groups is 1. The summed E-state index contributed by atoms with van der Waals surface area (Å²) in [4.78, 5) is 19.1. The van der Waals surface area contributed by atoms with E-state index in [0.29, 0.717) is 5.69 Å². The number of likely N-dealkylation sites (N-methyl/N-ethyl adjacent to an activating group) is 1. The number of rotatable bonds is 3. The summed E-state index contributed by atoms with van der Waals surface area (Å²) in [6, 6.07) is 10.4. The average molecular weight is 344 g/mol. The lowest BCUT2D eigenvalue weighted by Gasteiger charge is -2.28. The lowest BCUT2D eigenvalue weighted by atomic mass is 9.85. The van der Waals surface area contributed by atoms with Gasteiger partial charge in [0, 0.05) is 25.2 Å². The summed E-state index contributed by atoms with van der Waals surface area (Å²) in [5, 5.41) is 0. The molecule has 0 aliphatic heterocycles. The average Bonchev–Trinajstić information content (AvgIpc) is 2.59. The monoisotopic (exact) mass is 344 g/mol. The van der Waals surface area contributed by atoms with E-state index in [9.17, 15) is 13.2 Å². The smallest absolute Gasteiger partial charge is 0.235 e. The minimum absolute atomic E-state index is 0.0553. The number of aromatic nitrogens is 1. The number of sulfone groups is 1. The molecule has 1 aliphatic rings. The maximum absolute atomic E-state index is 13.0. The topological polar surface area (TPSA) is 67.3 Å². The number of nitrogens with zero attached hydrogens (tertiary/aromatic N) is 2. The van der Waals surface area contributed by atoms with Gasteiger partial charge in [0.05, 0.1) is 16.5 Å². The molecule has 1 aliphatic carbocycles. The summed E-state index contributed by atoms with van der Waals surface area (Å²) in [7, 11) is -1.63. The number of hydrogen-bond donors (Lipinski definition) is 0. The van der Waals surface area contributed by atoms with Crippen molar-refractivity contribution in [2.45, 2.75) is 30.1 Å². The second-order valence-corrected chi connectivity index (χ2v) is 8.18. The second-order valence-electron chi connectivity index (χ2n) is 6.16. The highest BCUT2D eigenvalue weighted by atomic mass is 32.2. The molecular formula is C18H20N2O3S. The minimum Gasteiger partial charge on any atom is -0.315 e. The summed E-state index contributed by atoms with van der Waals surface area (Å²) in [5.74, 6) is -0.331. The molecule has 1 amide bonds. The Balaban J connectivity index is 1.92. The van der Waals surface area contributed by atoms with Crippen LogP contribution in [0.3, 0.4) is 0 Å². The number of benzene rings is 1. The van der Waals surface area contributed by atoms with E-state index in [1.807, 2.05) is 12.1 Å². The van der Waals surface area contributed by atoms with Crippen LogP contribution < -0.4 is 4.90 Å². The van der Waals surface area contributed by atoms with E-state index in [-0.39, 0.29) is 16.7 Å². The Morgan fingerprint density at radius 2 is 2.04 bits per heavy atom. The van der Waals surface area contributed by atoms with Crippen molar-refractivity contribution in [3.8, 4) is 0 Å². The van der Waals surface area contributed by atoms with Crippen LogP contribution in [-0.2, 0) is 21.1 Å². The van der Waals surface area contributed by atoms with E-state index in [1.165, 1.54) is 17.0 Å². The van der Waals surface area contributed by atoms with Crippen LogP contribution in [0.15, 0.2) is 47.5 Å². The van der Waals surface area contributed by atoms with E-state index < -0.39 is 9.84 Å². The largest absolute Gasteiger partial charge is 0.315 e. The minimum atomic E-state index is -3.31. The summed E-state index contributed by atoms with van der Waals surface area (Å²) < 4.78 is 23.5. The molecule has 2 aromatic rings. The fourth-order valence-electron chi connectivity index (χ4n) is 3.13. The Morgan fingerprint density at radius 1 is 1.25 bits per heavy atom. The third-order valence-electron chi connectivity index (χ3n) is 4.46. The first kappa shape index (κ1) is 16.6. The van der Waals surface area contributed by atoms with Gasteiger partial charge >= 0.3 is 0 Å². The van der Waals surface area contributed by atoms with Crippen LogP contribution >= 0.6 is 0 Å². The van der Waals surface area contributed by atoms with Gasteiger partial charge in [0.1, 0.15) is 0 Å². The Bertz CT molecular complexity index is 877. The molecule has 1 aromatic carbocycles. The summed E-state index contributed by atoms with van der Waals surface area (Å²) in [6.45, 7) is 0. The van der Waals surface area contributed by atoms with Gasteiger partial charge in [-0.15, -0.1) is 0 Å². The number of fused-ring (bicyclic) bond motifs is 1. The van der Waals surface area contributed by atoms with Gasteiger partial charge in [-0.1, -0.05) is 12.1 Å². The molecule has 0 N–H and O–H groups in total. The first-order chi connectivity index (χ1) is 11.4. The highest BCUT2D eigenvalue weighted by molar-refractivity contribution is 7.90. The number of amides is 1. The molecule has 1 atom stereocenters. The van der Waals surface area contributed by atoms with E-state index in [2.05, 4.69) is 4.98 Å². The van der Waals surface area contributed by atoms with Gasteiger partial charge in [-0.25, -0.2) is 8.42 Å². The fraction of sp³-hybridized carbons (Fsp3) is 0.333. The highest BCUT2D eigenvalue weighted by Crippen LogP contribution is 2.32. The normalized spacial score (nSPS) is 17.2. The van der Waals surface area contributed by atoms with Gasteiger partial charge in [0.15, 0.2) is 9.84 Å². The van der Waals surface area contributed by atoms with E-state index in [4.69, 9.17) is 0 Å². The van der Waals surface area contributed by atoms with Crippen LogP contribution in [0.25, 0.3) is 0 Å². The van der Waals surface area contributed by atoms with Gasteiger partial charge in [-0.05, 0) is 49.1 Å². The quantitative estimate of drug-likeness (QED) is 0.858. The number of carbonyl (C=O) groups excluding carboxylic acids is 1. The molecule has 0 spiro atoms. The maximum atomic E-state index is 13.0. The predicted molar refractivity (Wildman–Crippen MR) is 92.9 cm³/mol. The van der Waals surface area contributed by atoms with E-state index >= 15 is 0 Å². The second kappa shape index (κ2) is 6.36. The van der Waals surface area contributed by atoms with Crippen LogP contribution in [0.1, 0.15) is 30.0 Å². The fourth-order valence-corrected chi connectivity index (χ4v) is 3.79. The van der Waals surface area contributed by atoms with Crippen molar-refractivity contribution in [2.75, 3.05) is 18.2 Å². The molecule has 0 fully saturated rings. The number of pyridine rings is 1.